The molecule has 2 aromatic rings. The van der Waals surface area contributed by atoms with E-state index in [0.29, 0.717) is 13.0 Å². The van der Waals surface area contributed by atoms with Crippen molar-refractivity contribution in [1.82, 2.24) is 15.0 Å². The van der Waals surface area contributed by atoms with Gasteiger partial charge in [-0.15, -0.1) is 0 Å². The van der Waals surface area contributed by atoms with Crippen molar-refractivity contribution < 1.29 is 0 Å². The first-order chi connectivity index (χ1) is 8.79. The highest BCUT2D eigenvalue weighted by atomic mass is 15.2. The van der Waals surface area contributed by atoms with Gasteiger partial charge in [0.15, 0.2) is 0 Å². The van der Waals surface area contributed by atoms with Crippen molar-refractivity contribution >= 4 is 5.82 Å². The minimum Gasteiger partial charge on any atom is -0.354 e. The van der Waals surface area contributed by atoms with Crippen LogP contribution < -0.4 is 10.6 Å². The Balaban J connectivity index is 2.08. The number of aromatic nitrogens is 3. The van der Waals surface area contributed by atoms with Crippen LogP contribution in [0.4, 0.5) is 5.82 Å². The lowest BCUT2D eigenvalue weighted by molar-refractivity contribution is 0.821. The van der Waals surface area contributed by atoms with Gasteiger partial charge in [-0.25, -0.2) is 9.97 Å². The molecule has 0 fully saturated rings. The molecule has 0 bridgehead atoms. The average molecular weight is 243 g/mol. The third-order valence-corrected chi connectivity index (χ3v) is 2.58. The van der Waals surface area contributed by atoms with E-state index in [9.17, 15) is 0 Å². The highest BCUT2D eigenvalue weighted by Gasteiger charge is 2.05. The minimum absolute atomic E-state index is 0.563. The van der Waals surface area contributed by atoms with Crippen LogP contribution in [0.25, 0.3) is 0 Å². The lowest BCUT2D eigenvalue weighted by atomic mass is 10.3. The van der Waals surface area contributed by atoms with Crippen LogP contribution in [0.15, 0.2) is 36.7 Å². The standard InChI is InChI=1S/C13H17N5/c1-18(10-11-4-2-3-8-15-11)13-6-9-16-12(17-13)5-7-14/h2-4,6,8-9H,5,7,10,14H2,1H3. The van der Waals surface area contributed by atoms with Gasteiger partial charge in [0.2, 0.25) is 0 Å². The van der Waals surface area contributed by atoms with E-state index in [0.717, 1.165) is 23.9 Å². The van der Waals surface area contributed by atoms with Crippen LogP contribution in [-0.2, 0) is 13.0 Å². The number of nitrogens with two attached hydrogens (primary N) is 1. The van der Waals surface area contributed by atoms with E-state index in [2.05, 4.69) is 15.0 Å². The largest absolute Gasteiger partial charge is 0.354 e. The van der Waals surface area contributed by atoms with Crippen molar-refractivity contribution in [2.24, 2.45) is 5.73 Å². The molecule has 94 valence electrons. The molecule has 2 rings (SSSR count). The highest BCUT2D eigenvalue weighted by Crippen LogP contribution is 2.11. The number of pyridine rings is 1. The van der Waals surface area contributed by atoms with Crippen molar-refractivity contribution in [3.05, 3.63) is 48.2 Å². The summed E-state index contributed by atoms with van der Waals surface area (Å²) in [6.45, 7) is 1.29. The van der Waals surface area contributed by atoms with Crippen molar-refractivity contribution in [3.8, 4) is 0 Å². The fourth-order valence-corrected chi connectivity index (χ4v) is 1.67. The molecule has 18 heavy (non-hydrogen) atoms. The Morgan fingerprint density at radius 3 is 2.78 bits per heavy atom. The summed E-state index contributed by atoms with van der Waals surface area (Å²) in [7, 11) is 1.99. The van der Waals surface area contributed by atoms with Gasteiger partial charge in [0.05, 0.1) is 12.2 Å². The molecule has 0 saturated heterocycles. The van der Waals surface area contributed by atoms with E-state index < -0.39 is 0 Å². The van der Waals surface area contributed by atoms with E-state index >= 15 is 0 Å². The lowest BCUT2D eigenvalue weighted by Gasteiger charge is -2.17. The maximum atomic E-state index is 5.51. The zero-order valence-electron chi connectivity index (χ0n) is 10.5. The van der Waals surface area contributed by atoms with Gasteiger partial charge in [-0.1, -0.05) is 6.07 Å². The molecule has 0 atom stereocenters. The molecule has 0 unspecified atom stereocenters. The normalized spacial score (nSPS) is 10.3. The first-order valence-corrected chi connectivity index (χ1v) is 5.92. The average Bonchev–Trinajstić information content (AvgIpc) is 2.40. The van der Waals surface area contributed by atoms with E-state index in [1.54, 1.807) is 12.4 Å². The number of nitrogens with zero attached hydrogens (tertiary/aromatic N) is 4. The van der Waals surface area contributed by atoms with Gasteiger partial charge in [-0.2, -0.15) is 0 Å². The summed E-state index contributed by atoms with van der Waals surface area (Å²) in [6.07, 6.45) is 4.26. The summed E-state index contributed by atoms with van der Waals surface area (Å²) in [6, 6.07) is 7.78. The van der Waals surface area contributed by atoms with Crippen LogP contribution in [0.1, 0.15) is 11.5 Å². The number of anilines is 1. The van der Waals surface area contributed by atoms with Crippen LogP contribution in [0.5, 0.6) is 0 Å². The van der Waals surface area contributed by atoms with Gasteiger partial charge in [0.1, 0.15) is 11.6 Å². The SMILES string of the molecule is CN(Cc1ccccn1)c1ccnc(CCN)n1. The number of rotatable bonds is 5. The smallest absolute Gasteiger partial charge is 0.132 e. The summed E-state index contributed by atoms with van der Waals surface area (Å²) >= 11 is 0. The third-order valence-electron chi connectivity index (χ3n) is 2.58. The molecule has 5 nitrogen and oxygen atoms in total. The van der Waals surface area contributed by atoms with Crippen molar-refractivity contribution in [2.45, 2.75) is 13.0 Å². The Hall–Kier alpha value is -2.01. The topological polar surface area (TPSA) is 67.9 Å². The van der Waals surface area contributed by atoms with Crippen LogP contribution >= 0.6 is 0 Å². The maximum absolute atomic E-state index is 5.51. The molecule has 0 radical (unpaired) electrons. The maximum Gasteiger partial charge on any atom is 0.132 e. The Morgan fingerprint density at radius 1 is 1.17 bits per heavy atom. The third kappa shape index (κ3) is 3.24. The van der Waals surface area contributed by atoms with Crippen LogP contribution in [0, 0.1) is 0 Å². The van der Waals surface area contributed by atoms with Crippen LogP contribution in [-0.4, -0.2) is 28.5 Å². The predicted molar refractivity (Wildman–Crippen MR) is 71.1 cm³/mol. The van der Waals surface area contributed by atoms with Gasteiger partial charge in [0.25, 0.3) is 0 Å². The summed E-state index contributed by atoms with van der Waals surface area (Å²) in [5.74, 6) is 1.67. The zero-order valence-corrected chi connectivity index (χ0v) is 10.5. The van der Waals surface area contributed by atoms with E-state index in [1.165, 1.54) is 0 Å². The van der Waals surface area contributed by atoms with Crippen molar-refractivity contribution in [2.75, 3.05) is 18.5 Å². The second-order valence-corrected chi connectivity index (χ2v) is 4.05. The second kappa shape index (κ2) is 6.07. The molecular formula is C13H17N5. The molecule has 2 heterocycles. The predicted octanol–water partition coefficient (Wildman–Crippen LogP) is 1.01. The Morgan fingerprint density at radius 2 is 2.06 bits per heavy atom. The molecule has 0 spiro atoms. The molecule has 0 aromatic carbocycles. The molecule has 0 amide bonds. The van der Waals surface area contributed by atoms with Gasteiger partial charge in [0, 0.05) is 25.9 Å². The van der Waals surface area contributed by atoms with E-state index in [1.807, 2.05) is 36.2 Å². The zero-order chi connectivity index (χ0) is 12.8. The fraction of sp³-hybridized carbons (Fsp3) is 0.308. The molecule has 0 saturated carbocycles. The minimum atomic E-state index is 0.563. The van der Waals surface area contributed by atoms with Crippen molar-refractivity contribution in [3.63, 3.8) is 0 Å². The quantitative estimate of drug-likeness (QED) is 0.848. The molecular weight excluding hydrogens is 226 g/mol. The van der Waals surface area contributed by atoms with Gasteiger partial charge in [-0.05, 0) is 24.7 Å². The molecule has 0 aliphatic carbocycles. The highest BCUT2D eigenvalue weighted by molar-refractivity contribution is 5.36. The summed E-state index contributed by atoms with van der Waals surface area (Å²) in [4.78, 5) is 15.0. The Labute approximate surface area is 107 Å². The molecule has 2 N–H and O–H groups in total. The second-order valence-electron chi connectivity index (χ2n) is 4.05. The number of hydrogen-bond donors (Lipinski definition) is 1. The molecule has 0 aliphatic rings. The van der Waals surface area contributed by atoms with Gasteiger partial charge < -0.3 is 10.6 Å². The first kappa shape index (κ1) is 12.4. The Bertz CT molecular complexity index is 486. The van der Waals surface area contributed by atoms with Crippen LogP contribution in [0.2, 0.25) is 0 Å². The summed E-state index contributed by atoms with van der Waals surface area (Å²) < 4.78 is 0. The van der Waals surface area contributed by atoms with Crippen LogP contribution in [0.3, 0.4) is 0 Å². The summed E-state index contributed by atoms with van der Waals surface area (Å²) in [5, 5.41) is 0. The fourth-order valence-electron chi connectivity index (χ4n) is 1.67. The number of hydrogen-bond acceptors (Lipinski definition) is 5. The summed E-state index contributed by atoms with van der Waals surface area (Å²) in [5.41, 5.74) is 6.52. The first-order valence-electron chi connectivity index (χ1n) is 5.92. The van der Waals surface area contributed by atoms with E-state index in [-0.39, 0.29) is 0 Å². The molecule has 2 aromatic heterocycles. The molecule has 0 aliphatic heterocycles. The molecule has 5 heteroatoms. The van der Waals surface area contributed by atoms with Gasteiger partial charge in [-0.3, -0.25) is 4.98 Å². The lowest BCUT2D eigenvalue weighted by Crippen LogP contribution is -2.19. The van der Waals surface area contributed by atoms with Crippen molar-refractivity contribution in [1.29, 1.82) is 0 Å². The van der Waals surface area contributed by atoms with E-state index in [4.69, 9.17) is 5.73 Å². The Kier molecular flexibility index (Phi) is 4.20. The monoisotopic (exact) mass is 243 g/mol. The van der Waals surface area contributed by atoms with Gasteiger partial charge >= 0.3 is 0 Å².